The molecular weight excluding hydrogens is 272 g/mol. The fourth-order valence-corrected chi connectivity index (χ4v) is 2.38. The van der Waals surface area contributed by atoms with Crippen LogP contribution in [0, 0.1) is 5.21 Å². The number of ether oxygens (including phenoxy) is 1. The molecule has 1 aliphatic rings. The van der Waals surface area contributed by atoms with Crippen LogP contribution in [-0.4, -0.2) is 36.3 Å². The standard InChI is InChI=1S/C15H18N2O4/c1-17(20)13-8-3-10(9-14(13)21-2)15(19)16-11-4-6-12(18)7-5-11/h3,8-9,11H,1,4-7H2,2H3,(H,16,19). The molecule has 0 saturated heterocycles. The van der Waals surface area contributed by atoms with Gasteiger partial charge in [-0.05, 0) is 25.0 Å². The van der Waals surface area contributed by atoms with E-state index >= 15 is 0 Å². The van der Waals surface area contributed by atoms with Gasteiger partial charge >= 0.3 is 0 Å². The second-order valence-corrected chi connectivity index (χ2v) is 5.05. The van der Waals surface area contributed by atoms with Gasteiger partial charge in [0.1, 0.15) is 12.5 Å². The second kappa shape index (κ2) is 6.39. The predicted molar refractivity (Wildman–Crippen MR) is 78.1 cm³/mol. The van der Waals surface area contributed by atoms with Crippen molar-refractivity contribution in [2.24, 2.45) is 0 Å². The largest absolute Gasteiger partial charge is 0.619 e. The van der Waals surface area contributed by atoms with Gasteiger partial charge in [-0.1, -0.05) is 0 Å². The molecule has 1 aromatic carbocycles. The molecule has 6 heteroatoms. The van der Waals surface area contributed by atoms with E-state index in [9.17, 15) is 14.8 Å². The van der Waals surface area contributed by atoms with Crippen molar-refractivity contribution in [2.75, 3.05) is 7.11 Å². The number of hydrogen-bond donors (Lipinski definition) is 1. The van der Waals surface area contributed by atoms with Crippen LogP contribution < -0.4 is 10.1 Å². The third-order valence-electron chi connectivity index (χ3n) is 3.59. The zero-order valence-electron chi connectivity index (χ0n) is 11.9. The minimum Gasteiger partial charge on any atom is -0.619 e. The third-order valence-corrected chi connectivity index (χ3v) is 3.59. The highest BCUT2D eigenvalue weighted by molar-refractivity contribution is 5.95. The summed E-state index contributed by atoms with van der Waals surface area (Å²) in [6.45, 7) is 3.26. The molecule has 0 aliphatic heterocycles. The number of hydrogen-bond acceptors (Lipinski definition) is 4. The number of benzene rings is 1. The summed E-state index contributed by atoms with van der Waals surface area (Å²) in [5.74, 6) is 0.310. The van der Waals surface area contributed by atoms with E-state index in [1.807, 2.05) is 0 Å². The highest BCUT2D eigenvalue weighted by Crippen LogP contribution is 2.27. The zero-order valence-corrected chi connectivity index (χ0v) is 11.9. The molecule has 6 nitrogen and oxygen atoms in total. The Morgan fingerprint density at radius 3 is 2.67 bits per heavy atom. The van der Waals surface area contributed by atoms with Gasteiger partial charge in [0.25, 0.3) is 11.6 Å². The lowest BCUT2D eigenvalue weighted by atomic mass is 9.94. The average Bonchev–Trinajstić information content (AvgIpc) is 2.48. The molecule has 1 N–H and O–H groups in total. The maximum absolute atomic E-state index is 12.2. The first-order chi connectivity index (χ1) is 10.0. The molecule has 0 spiro atoms. The summed E-state index contributed by atoms with van der Waals surface area (Å²) in [5.41, 5.74) is 0.673. The molecule has 1 saturated carbocycles. The SMILES string of the molecule is C=[N+]([O-])c1ccc(C(=O)NC2CCC(=O)CC2)cc1OC. The molecule has 1 aliphatic carbocycles. The molecule has 2 rings (SSSR count). The van der Waals surface area contributed by atoms with Gasteiger partial charge < -0.3 is 15.3 Å². The van der Waals surface area contributed by atoms with Crippen LogP contribution in [0.15, 0.2) is 18.2 Å². The second-order valence-electron chi connectivity index (χ2n) is 5.05. The minimum absolute atomic E-state index is 0.0183. The number of Topliss-reactive ketones (excluding diaryl/α,β-unsaturated/α-hetero) is 1. The van der Waals surface area contributed by atoms with Crippen molar-refractivity contribution >= 4 is 24.1 Å². The van der Waals surface area contributed by atoms with Gasteiger partial charge in [0.05, 0.1) is 7.11 Å². The van der Waals surface area contributed by atoms with Gasteiger partial charge in [-0.15, -0.1) is 0 Å². The summed E-state index contributed by atoms with van der Waals surface area (Å²) in [6, 6.07) is 4.58. The molecule has 21 heavy (non-hydrogen) atoms. The first-order valence-corrected chi connectivity index (χ1v) is 6.79. The normalized spacial score (nSPS) is 15.6. The van der Waals surface area contributed by atoms with Crippen LogP contribution in [0.4, 0.5) is 5.69 Å². The Balaban J connectivity index is 2.09. The highest BCUT2D eigenvalue weighted by atomic mass is 16.5. The maximum Gasteiger partial charge on any atom is 0.258 e. The van der Waals surface area contributed by atoms with Crippen LogP contribution in [0.25, 0.3) is 0 Å². The van der Waals surface area contributed by atoms with Gasteiger partial charge in [-0.2, -0.15) is 4.74 Å². The third kappa shape index (κ3) is 3.59. The number of ketones is 1. The van der Waals surface area contributed by atoms with Crippen LogP contribution in [-0.2, 0) is 4.79 Å². The lowest BCUT2D eigenvalue weighted by Crippen LogP contribution is -2.37. The Hall–Kier alpha value is -2.37. The number of carbonyl (C=O) groups excluding carboxylic acids is 2. The van der Waals surface area contributed by atoms with E-state index in [4.69, 9.17) is 4.74 Å². The molecule has 0 heterocycles. The monoisotopic (exact) mass is 290 g/mol. The smallest absolute Gasteiger partial charge is 0.258 e. The van der Waals surface area contributed by atoms with Crippen molar-refractivity contribution in [1.29, 1.82) is 0 Å². The number of carbonyl (C=O) groups is 2. The first kappa shape index (κ1) is 15.0. The highest BCUT2D eigenvalue weighted by Gasteiger charge is 2.21. The summed E-state index contributed by atoms with van der Waals surface area (Å²) >= 11 is 0. The first-order valence-electron chi connectivity index (χ1n) is 6.79. The van der Waals surface area contributed by atoms with Crippen LogP contribution in [0.3, 0.4) is 0 Å². The van der Waals surface area contributed by atoms with Crippen LogP contribution in [0.1, 0.15) is 36.0 Å². The van der Waals surface area contributed by atoms with Crippen molar-refractivity contribution in [3.63, 3.8) is 0 Å². The van der Waals surface area contributed by atoms with Gasteiger partial charge in [0.2, 0.25) is 0 Å². The number of methoxy groups -OCH3 is 1. The predicted octanol–water partition coefficient (Wildman–Crippen LogP) is 1.78. The van der Waals surface area contributed by atoms with Crippen LogP contribution in [0.5, 0.6) is 5.75 Å². The van der Waals surface area contributed by atoms with Crippen molar-refractivity contribution in [1.82, 2.24) is 5.32 Å². The van der Waals surface area contributed by atoms with E-state index in [1.165, 1.54) is 19.2 Å². The Labute approximate surface area is 123 Å². The number of amides is 1. The molecule has 0 radical (unpaired) electrons. The van der Waals surface area contributed by atoms with E-state index in [0.29, 0.717) is 41.7 Å². The number of rotatable bonds is 4. The molecule has 0 bridgehead atoms. The molecular formula is C15H18N2O4. The minimum atomic E-state index is -0.235. The van der Waals surface area contributed by atoms with E-state index in [0.717, 1.165) is 0 Å². The van der Waals surface area contributed by atoms with Gasteiger partial charge in [-0.3, -0.25) is 9.59 Å². The van der Waals surface area contributed by atoms with Crippen molar-refractivity contribution < 1.29 is 19.1 Å². The van der Waals surface area contributed by atoms with Gasteiger partial charge in [0.15, 0.2) is 5.75 Å². The molecule has 1 aromatic rings. The van der Waals surface area contributed by atoms with Crippen molar-refractivity contribution in [3.05, 3.63) is 29.0 Å². The Morgan fingerprint density at radius 2 is 2.10 bits per heavy atom. The van der Waals surface area contributed by atoms with Gasteiger partial charge in [0, 0.05) is 30.5 Å². The van der Waals surface area contributed by atoms with Crippen LogP contribution in [0.2, 0.25) is 0 Å². The maximum atomic E-state index is 12.2. The van der Waals surface area contributed by atoms with E-state index in [-0.39, 0.29) is 23.4 Å². The number of nitrogens with one attached hydrogen (secondary N) is 1. The van der Waals surface area contributed by atoms with Crippen molar-refractivity contribution in [3.8, 4) is 5.75 Å². The average molecular weight is 290 g/mol. The van der Waals surface area contributed by atoms with E-state index in [1.54, 1.807) is 6.07 Å². The Bertz CT molecular complexity index is 573. The van der Waals surface area contributed by atoms with E-state index in [2.05, 4.69) is 12.0 Å². The van der Waals surface area contributed by atoms with Crippen LogP contribution >= 0.6 is 0 Å². The topological polar surface area (TPSA) is 81.5 Å². The molecule has 1 fully saturated rings. The summed E-state index contributed by atoms with van der Waals surface area (Å²) in [5, 5.41) is 14.1. The van der Waals surface area contributed by atoms with Crippen molar-refractivity contribution in [2.45, 2.75) is 31.7 Å². The Morgan fingerprint density at radius 1 is 1.43 bits per heavy atom. The summed E-state index contributed by atoms with van der Waals surface area (Å²) < 4.78 is 5.53. The molecule has 112 valence electrons. The lowest BCUT2D eigenvalue weighted by molar-refractivity contribution is -0.350. The molecule has 1 amide bonds. The fraction of sp³-hybridized carbons (Fsp3) is 0.400. The zero-order chi connectivity index (χ0) is 15.4. The lowest BCUT2D eigenvalue weighted by Gasteiger charge is -2.22. The number of nitrogens with zero attached hydrogens (tertiary/aromatic N) is 1. The summed E-state index contributed by atoms with van der Waals surface area (Å²) in [6.07, 6.45) is 2.37. The van der Waals surface area contributed by atoms with E-state index < -0.39 is 0 Å². The van der Waals surface area contributed by atoms with Gasteiger partial charge in [-0.25, -0.2) is 0 Å². The summed E-state index contributed by atoms with van der Waals surface area (Å²) in [7, 11) is 1.43. The quantitative estimate of drug-likeness (QED) is 0.396. The molecule has 0 unspecified atom stereocenters. The fourth-order valence-electron chi connectivity index (χ4n) is 2.38. The summed E-state index contributed by atoms with van der Waals surface area (Å²) in [4.78, 5) is 23.4. The Kier molecular flexibility index (Phi) is 4.57. The molecule has 0 aromatic heterocycles. The molecule has 0 atom stereocenters.